The Hall–Kier alpha value is -4.21. The van der Waals surface area contributed by atoms with Crippen molar-refractivity contribution in [2.75, 3.05) is 0 Å². The van der Waals surface area contributed by atoms with Gasteiger partial charge in [0.15, 0.2) is 5.65 Å². The Morgan fingerprint density at radius 2 is 1.79 bits per heavy atom. The van der Waals surface area contributed by atoms with E-state index in [0.717, 1.165) is 17.8 Å². The van der Waals surface area contributed by atoms with E-state index in [4.69, 9.17) is 0 Å². The summed E-state index contributed by atoms with van der Waals surface area (Å²) in [6.45, 7) is 1.85. The van der Waals surface area contributed by atoms with Gasteiger partial charge >= 0.3 is 6.18 Å². The zero-order chi connectivity index (χ0) is 24.0. The molecule has 1 atom stereocenters. The molecule has 0 aliphatic carbocycles. The van der Waals surface area contributed by atoms with Crippen molar-refractivity contribution in [3.05, 3.63) is 83.7 Å². The van der Waals surface area contributed by atoms with Crippen LogP contribution < -0.4 is 5.32 Å². The van der Waals surface area contributed by atoms with E-state index in [9.17, 15) is 18.0 Å². The number of carbonyl (C=O) groups is 1. The standard InChI is InChI=1S/C24H19F3N6O/c1-14(19-5-3-4-12-28-19)29-23(34)15-6-11-20-18(13-15)21-22(31-32(2)30-21)33(20)17-9-7-16(8-10-17)24(25,26)27/h3-14H,1-2H3,(H,29,34)/t14-/m0/s1. The molecule has 5 aromatic rings. The maximum absolute atomic E-state index is 13.0. The second-order valence-corrected chi connectivity index (χ2v) is 7.92. The van der Waals surface area contributed by atoms with Crippen LogP contribution in [0.25, 0.3) is 27.8 Å². The van der Waals surface area contributed by atoms with Crippen molar-refractivity contribution in [2.45, 2.75) is 19.1 Å². The van der Waals surface area contributed by atoms with Crippen molar-refractivity contribution in [3.63, 3.8) is 0 Å². The zero-order valence-electron chi connectivity index (χ0n) is 18.2. The highest BCUT2D eigenvalue weighted by Crippen LogP contribution is 2.33. The molecule has 2 aromatic carbocycles. The quantitative estimate of drug-likeness (QED) is 0.414. The molecule has 10 heteroatoms. The zero-order valence-corrected chi connectivity index (χ0v) is 18.2. The van der Waals surface area contributed by atoms with Gasteiger partial charge in [-0.05, 0) is 61.5 Å². The number of nitrogens with one attached hydrogen (secondary N) is 1. The molecular formula is C24H19F3N6O. The van der Waals surface area contributed by atoms with Crippen molar-refractivity contribution >= 4 is 28.0 Å². The highest BCUT2D eigenvalue weighted by Gasteiger charge is 2.30. The van der Waals surface area contributed by atoms with Crippen LogP contribution in [0.4, 0.5) is 13.2 Å². The number of rotatable bonds is 4. The first kappa shape index (κ1) is 21.6. The predicted molar refractivity (Wildman–Crippen MR) is 120 cm³/mol. The predicted octanol–water partition coefficient (Wildman–Crippen LogP) is 4.82. The van der Waals surface area contributed by atoms with Gasteiger partial charge in [0, 0.05) is 29.9 Å². The fraction of sp³-hybridized carbons (Fsp3) is 0.167. The fourth-order valence-electron chi connectivity index (χ4n) is 3.94. The Labute approximate surface area is 191 Å². The molecule has 3 heterocycles. The molecule has 1 N–H and O–H groups in total. The monoisotopic (exact) mass is 464 g/mol. The van der Waals surface area contributed by atoms with E-state index < -0.39 is 11.7 Å². The fourth-order valence-corrected chi connectivity index (χ4v) is 3.94. The lowest BCUT2D eigenvalue weighted by Gasteiger charge is -2.13. The number of carbonyl (C=O) groups excluding carboxylic acids is 1. The molecule has 0 saturated carbocycles. The van der Waals surface area contributed by atoms with Crippen molar-refractivity contribution in [1.29, 1.82) is 0 Å². The first-order valence-corrected chi connectivity index (χ1v) is 10.5. The number of aryl methyl sites for hydroxylation is 1. The van der Waals surface area contributed by atoms with E-state index in [0.29, 0.717) is 33.3 Å². The number of hydrogen-bond acceptors (Lipinski definition) is 4. The molecule has 0 aliphatic heterocycles. The molecule has 0 saturated heterocycles. The summed E-state index contributed by atoms with van der Waals surface area (Å²) in [5.41, 5.74) is 2.65. The summed E-state index contributed by atoms with van der Waals surface area (Å²) >= 11 is 0. The van der Waals surface area contributed by atoms with Crippen molar-refractivity contribution in [1.82, 2.24) is 29.9 Å². The van der Waals surface area contributed by atoms with Crippen molar-refractivity contribution < 1.29 is 18.0 Å². The largest absolute Gasteiger partial charge is 0.416 e. The van der Waals surface area contributed by atoms with Crippen LogP contribution in [0.1, 0.15) is 34.6 Å². The molecule has 34 heavy (non-hydrogen) atoms. The molecule has 3 aromatic heterocycles. The number of alkyl halides is 3. The average molecular weight is 464 g/mol. The first-order valence-electron chi connectivity index (χ1n) is 10.5. The molecule has 172 valence electrons. The van der Waals surface area contributed by atoms with Crippen LogP contribution in [0.3, 0.4) is 0 Å². The molecule has 0 radical (unpaired) electrons. The Morgan fingerprint density at radius 3 is 2.47 bits per heavy atom. The van der Waals surface area contributed by atoms with Gasteiger partial charge < -0.3 is 5.32 Å². The van der Waals surface area contributed by atoms with E-state index in [-0.39, 0.29) is 11.9 Å². The third-order valence-corrected chi connectivity index (χ3v) is 5.59. The Balaban J connectivity index is 1.56. The maximum Gasteiger partial charge on any atom is 0.416 e. The number of benzene rings is 2. The Morgan fingerprint density at radius 1 is 1.03 bits per heavy atom. The van der Waals surface area contributed by atoms with Gasteiger partial charge in [-0.1, -0.05) is 6.07 Å². The van der Waals surface area contributed by atoms with Gasteiger partial charge in [0.25, 0.3) is 5.91 Å². The third kappa shape index (κ3) is 3.76. The second-order valence-electron chi connectivity index (χ2n) is 7.92. The van der Waals surface area contributed by atoms with E-state index in [2.05, 4.69) is 20.5 Å². The van der Waals surface area contributed by atoms with Crippen LogP contribution in [0.2, 0.25) is 0 Å². The summed E-state index contributed by atoms with van der Waals surface area (Å²) in [5.74, 6) is -0.278. The van der Waals surface area contributed by atoms with Crippen LogP contribution in [0, 0.1) is 0 Å². The number of aromatic nitrogens is 5. The summed E-state index contributed by atoms with van der Waals surface area (Å²) in [4.78, 5) is 18.6. The maximum atomic E-state index is 13.0. The molecule has 0 bridgehead atoms. The van der Waals surface area contributed by atoms with Crippen LogP contribution in [0.15, 0.2) is 66.9 Å². The summed E-state index contributed by atoms with van der Waals surface area (Å²) < 4.78 is 40.8. The Kier molecular flexibility index (Phi) is 5.07. The van der Waals surface area contributed by atoms with Gasteiger partial charge in [-0.2, -0.15) is 23.1 Å². The van der Waals surface area contributed by atoms with E-state index in [1.807, 2.05) is 19.1 Å². The van der Waals surface area contributed by atoms with Crippen LogP contribution in [0.5, 0.6) is 0 Å². The molecule has 5 rings (SSSR count). The van der Waals surface area contributed by atoms with Crippen molar-refractivity contribution in [2.24, 2.45) is 7.05 Å². The SMILES string of the molecule is C[C@H](NC(=O)c1ccc2c(c1)c1nn(C)nc1n2-c1ccc(C(F)(F)F)cc1)c1ccccn1. The van der Waals surface area contributed by atoms with E-state index in [1.54, 1.807) is 42.1 Å². The minimum Gasteiger partial charge on any atom is -0.344 e. The lowest BCUT2D eigenvalue weighted by Crippen LogP contribution is -2.27. The summed E-state index contributed by atoms with van der Waals surface area (Å²) in [7, 11) is 1.66. The van der Waals surface area contributed by atoms with Crippen LogP contribution >= 0.6 is 0 Å². The lowest BCUT2D eigenvalue weighted by atomic mass is 10.1. The number of halogens is 3. The molecule has 0 unspecified atom stereocenters. The van der Waals surface area contributed by atoms with Gasteiger partial charge in [0.1, 0.15) is 5.52 Å². The summed E-state index contributed by atoms with van der Waals surface area (Å²) in [5, 5.41) is 12.4. The number of pyridine rings is 1. The van der Waals surface area contributed by atoms with Gasteiger partial charge in [-0.15, -0.1) is 5.10 Å². The summed E-state index contributed by atoms with van der Waals surface area (Å²) in [6, 6.07) is 15.2. The highest BCUT2D eigenvalue weighted by atomic mass is 19.4. The minimum absolute atomic E-state index is 0.278. The lowest BCUT2D eigenvalue weighted by molar-refractivity contribution is -0.137. The van der Waals surface area contributed by atoms with Gasteiger partial charge in [0.05, 0.1) is 22.8 Å². The van der Waals surface area contributed by atoms with Gasteiger partial charge in [0.2, 0.25) is 0 Å². The minimum atomic E-state index is -4.42. The molecule has 1 amide bonds. The number of hydrogen-bond donors (Lipinski definition) is 1. The van der Waals surface area contributed by atoms with E-state index in [1.165, 1.54) is 16.9 Å². The Bertz CT molecular complexity index is 1500. The van der Waals surface area contributed by atoms with Crippen molar-refractivity contribution in [3.8, 4) is 5.69 Å². The molecule has 7 nitrogen and oxygen atoms in total. The molecule has 0 fully saturated rings. The van der Waals surface area contributed by atoms with E-state index >= 15 is 0 Å². The summed E-state index contributed by atoms with van der Waals surface area (Å²) in [6.07, 6.45) is -2.76. The molecule has 0 aliphatic rings. The highest BCUT2D eigenvalue weighted by molar-refractivity contribution is 6.08. The van der Waals surface area contributed by atoms with Crippen LogP contribution in [-0.4, -0.2) is 30.5 Å². The van der Waals surface area contributed by atoms with Gasteiger partial charge in [-0.3, -0.25) is 14.3 Å². The van der Waals surface area contributed by atoms with Gasteiger partial charge in [-0.25, -0.2) is 0 Å². The number of fused-ring (bicyclic) bond motifs is 3. The molecular weight excluding hydrogens is 445 g/mol. The smallest absolute Gasteiger partial charge is 0.344 e. The second kappa shape index (κ2) is 7.98. The first-order chi connectivity index (χ1) is 16.2. The van der Waals surface area contributed by atoms with Crippen LogP contribution in [-0.2, 0) is 13.2 Å². The number of amides is 1. The topological polar surface area (TPSA) is 77.6 Å². The average Bonchev–Trinajstić information content (AvgIpc) is 3.33. The molecule has 0 spiro atoms. The number of nitrogens with zero attached hydrogens (tertiary/aromatic N) is 5. The third-order valence-electron chi connectivity index (χ3n) is 5.59. The normalized spacial score (nSPS) is 12.9.